The number of rotatable bonds is 6. The molecule has 0 aromatic heterocycles. The highest BCUT2D eigenvalue weighted by Crippen LogP contribution is 2.27. The Kier molecular flexibility index (Phi) is 6.51. The van der Waals surface area contributed by atoms with E-state index >= 15 is 0 Å². The SMILES string of the molecule is CN(CCCN1CCCCC1)[C@H]1CCCC[C@H]1S(C)(=O)=O. The Bertz CT molecular complexity index is 405. The molecule has 0 N–H and O–H groups in total. The van der Waals surface area contributed by atoms with Crippen molar-refractivity contribution < 1.29 is 8.42 Å². The van der Waals surface area contributed by atoms with Gasteiger partial charge < -0.3 is 9.80 Å². The van der Waals surface area contributed by atoms with Crippen LogP contribution in [0.3, 0.4) is 0 Å². The van der Waals surface area contributed by atoms with Crippen LogP contribution in [-0.2, 0) is 9.84 Å². The van der Waals surface area contributed by atoms with Crippen LogP contribution in [0.15, 0.2) is 0 Å². The molecule has 5 heteroatoms. The predicted octanol–water partition coefficient (Wildman–Crippen LogP) is 2.15. The number of sulfone groups is 1. The summed E-state index contributed by atoms with van der Waals surface area (Å²) in [5, 5.41) is -0.147. The lowest BCUT2D eigenvalue weighted by Gasteiger charge is -2.37. The summed E-state index contributed by atoms with van der Waals surface area (Å²) in [5.41, 5.74) is 0. The summed E-state index contributed by atoms with van der Waals surface area (Å²) in [6, 6.07) is 0.232. The highest BCUT2D eigenvalue weighted by atomic mass is 32.2. The summed E-state index contributed by atoms with van der Waals surface area (Å²) >= 11 is 0. The second kappa shape index (κ2) is 7.93. The lowest BCUT2D eigenvalue weighted by atomic mass is 9.93. The van der Waals surface area contributed by atoms with Gasteiger partial charge in [0, 0.05) is 12.3 Å². The minimum Gasteiger partial charge on any atom is -0.303 e. The van der Waals surface area contributed by atoms with Gasteiger partial charge in [-0.2, -0.15) is 0 Å². The molecule has 21 heavy (non-hydrogen) atoms. The van der Waals surface area contributed by atoms with E-state index in [1.54, 1.807) is 0 Å². The smallest absolute Gasteiger partial charge is 0.151 e. The van der Waals surface area contributed by atoms with Crippen LogP contribution in [0.5, 0.6) is 0 Å². The molecule has 0 aromatic rings. The number of hydrogen-bond acceptors (Lipinski definition) is 4. The van der Waals surface area contributed by atoms with Crippen LogP contribution in [0.4, 0.5) is 0 Å². The van der Waals surface area contributed by atoms with Gasteiger partial charge >= 0.3 is 0 Å². The summed E-state index contributed by atoms with van der Waals surface area (Å²) in [6.45, 7) is 4.69. The summed E-state index contributed by atoms with van der Waals surface area (Å²) in [7, 11) is -0.802. The fraction of sp³-hybridized carbons (Fsp3) is 1.00. The average molecular weight is 317 g/mol. The molecule has 0 aromatic carbocycles. The van der Waals surface area contributed by atoms with Crippen molar-refractivity contribution >= 4 is 9.84 Å². The Hall–Kier alpha value is -0.130. The monoisotopic (exact) mass is 316 g/mol. The van der Waals surface area contributed by atoms with Gasteiger partial charge in [0.2, 0.25) is 0 Å². The first-order valence-corrected chi connectivity index (χ1v) is 10.6. The van der Waals surface area contributed by atoms with Gasteiger partial charge in [-0.25, -0.2) is 8.42 Å². The van der Waals surface area contributed by atoms with Crippen LogP contribution < -0.4 is 0 Å². The van der Waals surface area contributed by atoms with E-state index in [9.17, 15) is 8.42 Å². The molecule has 0 amide bonds. The first kappa shape index (κ1) is 17.2. The second-order valence-corrected chi connectivity index (χ2v) is 9.22. The molecule has 2 rings (SSSR count). The third-order valence-electron chi connectivity index (χ3n) is 5.22. The zero-order chi connectivity index (χ0) is 15.3. The van der Waals surface area contributed by atoms with Crippen molar-refractivity contribution in [1.29, 1.82) is 0 Å². The molecule has 4 nitrogen and oxygen atoms in total. The van der Waals surface area contributed by atoms with E-state index in [1.807, 2.05) is 0 Å². The minimum absolute atomic E-state index is 0.147. The molecule has 1 aliphatic heterocycles. The van der Waals surface area contributed by atoms with Gasteiger partial charge in [0.15, 0.2) is 9.84 Å². The molecule has 1 saturated carbocycles. The number of nitrogens with zero attached hydrogens (tertiary/aromatic N) is 2. The maximum absolute atomic E-state index is 12.0. The first-order chi connectivity index (χ1) is 9.98. The van der Waals surface area contributed by atoms with Crippen molar-refractivity contribution in [3.05, 3.63) is 0 Å². The number of piperidine rings is 1. The van der Waals surface area contributed by atoms with E-state index in [2.05, 4.69) is 16.8 Å². The third kappa shape index (κ3) is 5.22. The second-order valence-electron chi connectivity index (χ2n) is 6.96. The Morgan fingerprint density at radius 1 is 1.05 bits per heavy atom. The van der Waals surface area contributed by atoms with Crippen molar-refractivity contribution in [2.75, 3.05) is 39.5 Å². The van der Waals surface area contributed by atoms with Gasteiger partial charge in [0.1, 0.15) is 0 Å². The summed E-state index contributed by atoms with van der Waals surface area (Å²) in [5.74, 6) is 0. The normalized spacial score (nSPS) is 28.9. The average Bonchev–Trinajstić information content (AvgIpc) is 2.47. The van der Waals surface area contributed by atoms with E-state index in [4.69, 9.17) is 0 Å². The zero-order valence-corrected chi connectivity index (χ0v) is 14.6. The van der Waals surface area contributed by atoms with Crippen molar-refractivity contribution in [3.63, 3.8) is 0 Å². The van der Waals surface area contributed by atoms with Gasteiger partial charge in [-0.15, -0.1) is 0 Å². The summed E-state index contributed by atoms with van der Waals surface area (Å²) in [6.07, 6.45) is 10.8. The van der Waals surface area contributed by atoms with Gasteiger partial charge in [-0.05, 0) is 65.3 Å². The van der Waals surface area contributed by atoms with Crippen molar-refractivity contribution in [2.45, 2.75) is 62.7 Å². The van der Waals surface area contributed by atoms with Gasteiger partial charge in [-0.1, -0.05) is 19.3 Å². The molecular weight excluding hydrogens is 284 g/mol. The minimum atomic E-state index is -2.92. The zero-order valence-electron chi connectivity index (χ0n) is 13.8. The highest BCUT2D eigenvalue weighted by molar-refractivity contribution is 7.91. The van der Waals surface area contributed by atoms with Crippen molar-refractivity contribution in [2.24, 2.45) is 0 Å². The number of likely N-dealkylation sites (tertiary alicyclic amines) is 1. The van der Waals surface area contributed by atoms with Crippen LogP contribution in [0.25, 0.3) is 0 Å². The molecule has 1 saturated heterocycles. The fourth-order valence-corrected chi connectivity index (χ4v) is 5.48. The molecule has 124 valence electrons. The van der Waals surface area contributed by atoms with Gasteiger partial charge in [0.25, 0.3) is 0 Å². The molecule has 2 aliphatic rings. The maximum atomic E-state index is 12.0. The topological polar surface area (TPSA) is 40.6 Å². The quantitative estimate of drug-likeness (QED) is 0.753. The van der Waals surface area contributed by atoms with Gasteiger partial charge in [0.05, 0.1) is 5.25 Å². The molecule has 2 fully saturated rings. The van der Waals surface area contributed by atoms with Crippen LogP contribution in [0.2, 0.25) is 0 Å². The third-order valence-corrected chi connectivity index (χ3v) is 6.87. The first-order valence-electron chi connectivity index (χ1n) is 8.60. The van der Waals surface area contributed by atoms with E-state index in [0.717, 1.165) is 32.2 Å². The number of hydrogen-bond donors (Lipinski definition) is 0. The van der Waals surface area contributed by atoms with Crippen LogP contribution in [0.1, 0.15) is 51.4 Å². The van der Waals surface area contributed by atoms with E-state index in [0.29, 0.717) is 0 Å². The molecule has 0 unspecified atom stereocenters. The lowest BCUT2D eigenvalue weighted by Crippen LogP contribution is -2.47. The Balaban J connectivity index is 1.79. The standard InChI is InChI=1S/C16H32N2O2S/c1-17(11-8-14-18-12-6-3-7-13-18)15-9-4-5-10-16(15)21(2,19)20/h15-16H,3-14H2,1-2H3/t15-,16+/m0/s1. The fourth-order valence-electron chi connectivity index (χ4n) is 3.97. The Labute approximate surface area is 130 Å². The molecule has 0 spiro atoms. The van der Waals surface area contributed by atoms with E-state index < -0.39 is 9.84 Å². The van der Waals surface area contributed by atoms with E-state index in [-0.39, 0.29) is 11.3 Å². The summed E-state index contributed by atoms with van der Waals surface area (Å²) in [4.78, 5) is 4.88. The van der Waals surface area contributed by atoms with Gasteiger partial charge in [-0.3, -0.25) is 0 Å². The molecule has 0 bridgehead atoms. The van der Waals surface area contributed by atoms with E-state index in [1.165, 1.54) is 51.6 Å². The highest BCUT2D eigenvalue weighted by Gasteiger charge is 2.34. The largest absolute Gasteiger partial charge is 0.303 e. The lowest BCUT2D eigenvalue weighted by molar-refractivity contribution is 0.171. The Morgan fingerprint density at radius 2 is 1.71 bits per heavy atom. The molecule has 0 radical (unpaired) electrons. The Morgan fingerprint density at radius 3 is 2.38 bits per heavy atom. The van der Waals surface area contributed by atoms with Crippen molar-refractivity contribution in [3.8, 4) is 0 Å². The molecule has 1 aliphatic carbocycles. The van der Waals surface area contributed by atoms with Crippen LogP contribution in [0, 0.1) is 0 Å². The van der Waals surface area contributed by atoms with Crippen LogP contribution >= 0.6 is 0 Å². The maximum Gasteiger partial charge on any atom is 0.151 e. The predicted molar refractivity (Wildman–Crippen MR) is 88.4 cm³/mol. The molecular formula is C16H32N2O2S. The molecule has 1 heterocycles. The van der Waals surface area contributed by atoms with Crippen LogP contribution in [-0.4, -0.2) is 69.0 Å². The molecule has 2 atom stereocenters. The van der Waals surface area contributed by atoms with Crippen molar-refractivity contribution in [1.82, 2.24) is 9.80 Å². The summed E-state index contributed by atoms with van der Waals surface area (Å²) < 4.78 is 24.0.